The van der Waals surface area contributed by atoms with Crippen molar-refractivity contribution in [2.75, 3.05) is 11.9 Å². The van der Waals surface area contributed by atoms with Crippen LogP contribution in [0.4, 0.5) is 5.69 Å². The van der Waals surface area contributed by atoms with E-state index in [9.17, 15) is 4.79 Å². The summed E-state index contributed by atoms with van der Waals surface area (Å²) in [6.45, 7) is 0.311. The first-order valence-corrected chi connectivity index (χ1v) is 5.08. The molecule has 0 atom stereocenters. The van der Waals surface area contributed by atoms with Gasteiger partial charge in [-0.2, -0.15) is 5.26 Å². The zero-order valence-electron chi connectivity index (χ0n) is 7.83. The van der Waals surface area contributed by atoms with Crippen LogP contribution in [0.1, 0.15) is 12.0 Å². The number of nitrogens with zero attached hydrogens (tertiary/aromatic N) is 1. The lowest BCUT2D eigenvalue weighted by atomic mass is 10.2. The summed E-state index contributed by atoms with van der Waals surface area (Å²) in [4.78, 5) is 10.3. The molecule has 0 aliphatic heterocycles. The molecule has 0 spiro atoms. The van der Waals surface area contributed by atoms with Crippen LogP contribution in [0.5, 0.6) is 0 Å². The normalized spacial score (nSPS) is 9.33. The highest BCUT2D eigenvalue weighted by Gasteiger charge is 2.02. The number of anilines is 1. The number of halogens is 1. The molecule has 1 rings (SSSR count). The first-order valence-electron chi connectivity index (χ1n) is 4.29. The van der Waals surface area contributed by atoms with Crippen LogP contribution < -0.4 is 5.32 Å². The largest absolute Gasteiger partial charge is 0.481 e. The maximum atomic E-state index is 10.3. The van der Waals surface area contributed by atoms with E-state index < -0.39 is 5.97 Å². The van der Waals surface area contributed by atoms with Gasteiger partial charge in [-0.1, -0.05) is 15.9 Å². The Labute approximate surface area is 95.7 Å². The van der Waals surface area contributed by atoms with Gasteiger partial charge in [0, 0.05) is 11.0 Å². The fourth-order valence-corrected chi connectivity index (χ4v) is 1.43. The van der Waals surface area contributed by atoms with Gasteiger partial charge in [0.05, 0.1) is 17.7 Å². The summed E-state index contributed by atoms with van der Waals surface area (Å²) in [6, 6.07) is 7.25. The van der Waals surface area contributed by atoms with E-state index in [2.05, 4.69) is 21.2 Å². The SMILES string of the molecule is N#Cc1cc(Br)ccc1NCCC(=O)O. The summed E-state index contributed by atoms with van der Waals surface area (Å²) in [7, 11) is 0. The van der Waals surface area contributed by atoms with Crippen molar-refractivity contribution in [3.05, 3.63) is 28.2 Å². The molecule has 0 aromatic heterocycles. The van der Waals surface area contributed by atoms with Gasteiger partial charge in [0.25, 0.3) is 0 Å². The van der Waals surface area contributed by atoms with Crippen LogP contribution in [-0.4, -0.2) is 17.6 Å². The molecule has 4 nitrogen and oxygen atoms in total. The minimum atomic E-state index is -0.863. The van der Waals surface area contributed by atoms with E-state index in [1.807, 2.05) is 6.07 Å². The van der Waals surface area contributed by atoms with Gasteiger partial charge in [0.15, 0.2) is 0 Å². The fraction of sp³-hybridized carbons (Fsp3) is 0.200. The first kappa shape index (κ1) is 11.5. The number of hydrogen-bond donors (Lipinski definition) is 2. The van der Waals surface area contributed by atoms with Crippen molar-refractivity contribution in [3.8, 4) is 6.07 Å². The lowest BCUT2D eigenvalue weighted by Crippen LogP contribution is -2.08. The van der Waals surface area contributed by atoms with Crippen LogP contribution in [0.25, 0.3) is 0 Å². The third kappa shape index (κ3) is 3.60. The lowest BCUT2D eigenvalue weighted by molar-refractivity contribution is -0.136. The second-order valence-electron chi connectivity index (χ2n) is 2.87. The number of hydrogen-bond acceptors (Lipinski definition) is 3. The van der Waals surface area contributed by atoms with E-state index >= 15 is 0 Å². The molecule has 78 valence electrons. The van der Waals surface area contributed by atoms with Crippen molar-refractivity contribution < 1.29 is 9.90 Å². The highest BCUT2D eigenvalue weighted by Crippen LogP contribution is 2.19. The average Bonchev–Trinajstić information content (AvgIpc) is 2.19. The van der Waals surface area contributed by atoms with Crippen molar-refractivity contribution in [1.82, 2.24) is 0 Å². The van der Waals surface area contributed by atoms with Gasteiger partial charge >= 0.3 is 5.97 Å². The van der Waals surface area contributed by atoms with Gasteiger partial charge in [-0.15, -0.1) is 0 Å². The molecular formula is C10H9BrN2O2. The fourth-order valence-electron chi connectivity index (χ4n) is 1.07. The molecule has 0 bridgehead atoms. The first-order chi connectivity index (χ1) is 7.13. The van der Waals surface area contributed by atoms with Crippen molar-refractivity contribution in [1.29, 1.82) is 5.26 Å². The quantitative estimate of drug-likeness (QED) is 0.878. The van der Waals surface area contributed by atoms with Crippen LogP contribution in [0.15, 0.2) is 22.7 Å². The Kier molecular flexibility index (Phi) is 4.13. The zero-order valence-corrected chi connectivity index (χ0v) is 9.41. The number of carbonyl (C=O) groups is 1. The number of aliphatic carboxylic acids is 1. The molecule has 5 heteroatoms. The van der Waals surface area contributed by atoms with Crippen molar-refractivity contribution in [2.24, 2.45) is 0 Å². The second kappa shape index (κ2) is 5.37. The molecule has 0 unspecified atom stereocenters. The Balaban J connectivity index is 2.69. The number of carboxylic acid groups (broad SMARTS) is 1. The second-order valence-corrected chi connectivity index (χ2v) is 3.79. The van der Waals surface area contributed by atoms with Crippen LogP contribution in [0.2, 0.25) is 0 Å². The predicted molar refractivity (Wildman–Crippen MR) is 59.6 cm³/mol. The van der Waals surface area contributed by atoms with E-state index in [-0.39, 0.29) is 6.42 Å². The van der Waals surface area contributed by atoms with E-state index in [0.717, 1.165) is 4.47 Å². The molecule has 0 aliphatic carbocycles. The molecule has 0 heterocycles. The Morgan fingerprint density at radius 1 is 1.60 bits per heavy atom. The Morgan fingerprint density at radius 3 is 2.93 bits per heavy atom. The van der Waals surface area contributed by atoms with E-state index in [4.69, 9.17) is 10.4 Å². The molecule has 2 N–H and O–H groups in total. The number of carboxylic acids is 1. The predicted octanol–water partition coefficient (Wildman–Crippen LogP) is 2.21. The summed E-state index contributed by atoms with van der Waals surface area (Å²) in [5.74, 6) is -0.863. The van der Waals surface area contributed by atoms with Crippen LogP contribution in [0, 0.1) is 11.3 Å². The topological polar surface area (TPSA) is 73.1 Å². The molecule has 1 aromatic carbocycles. The molecule has 0 saturated heterocycles. The number of benzene rings is 1. The lowest BCUT2D eigenvalue weighted by Gasteiger charge is -2.06. The van der Waals surface area contributed by atoms with Crippen molar-refractivity contribution in [3.63, 3.8) is 0 Å². The van der Waals surface area contributed by atoms with E-state index in [1.165, 1.54) is 0 Å². The van der Waals surface area contributed by atoms with Crippen molar-refractivity contribution in [2.45, 2.75) is 6.42 Å². The van der Waals surface area contributed by atoms with Gasteiger partial charge in [-0.25, -0.2) is 0 Å². The molecule has 0 radical (unpaired) electrons. The highest BCUT2D eigenvalue weighted by atomic mass is 79.9. The average molecular weight is 269 g/mol. The van der Waals surface area contributed by atoms with Crippen LogP contribution >= 0.6 is 15.9 Å². The maximum absolute atomic E-state index is 10.3. The Morgan fingerprint density at radius 2 is 2.33 bits per heavy atom. The molecule has 0 saturated carbocycles. The third-order valence-electron chi connectivity index (χ3n) is 1.76. The van der Waals surface area contributed by atoms with Gasteiger partial charge in [0.1, 0.15) is 6.07 Å². The Bertz CT molecular complexity index is 412. The zero-order chi connectivity index (χ0) is 11.3. The minimum absolute atomic E-state index is 0.0287. The molecule has 0 aliphatic rings. The highest BCUT2D eigenvalue weighted by molar-refractivity contribution is 9.10. The van der Waals surface area contributed by atoms with Gasteiger partial charge in [-0.05, 0) is 18.2 Å². The third-order valence-corrected chi connectivity index (χ3v) is 2.25. The molecular weight excluding hydrogens is 260 g/mol. The summed E-state index contributed by atoms with van der Waals surface area (Å²) in [6.07, 6.45) is 0.0287. The van der Waals surface area contributed by atoms with E-state index in [0.29, 0.717) is 17.8 Å². The number of nitrogens with one attached hydrogen (secondary N) is 1. The van der Waals surface area contributed by atoms with E-state index in [1.54, 1.807) is 18.2 Å². The maximum Gasteiger partial charge on any atom is 0.305 e. The van der Waals surface area contributed by atoms with Gasteiger partial charge < -0.3 is 10.4 Å². The smallest absolute Gasteiger partial charge is 0.305 e. The standard InChI is InChI=1S/C10H9BrN2O2/c11-8-1-2-9(7(5-8)6-12)13-4-3-10(14)15/h1-2,5,13H,3-4H2,(H,14,15). The number of nitriles is 1. The summed E-state index contributed by atoms with van der Waals surface area (Å²) >= 11 is 3.26. The molecule has 1 aromatic rings. The number of rotatable bonds is 4. The molecule has 0 fully saturated rings. The van der Waals surface area contributed by atoms with Gasteiger partial charge in [-0.3, -0.25) is 4.79 Å². The summed E-state index contributed by atoms with van der Waals surface area (Å²) in [5.41, 5.74) is 1.15. The Hall–Kier alpha value is -1.54. The summed E-state index contributed by atoms with van der Waals surface area (Å²) in [5, 5.41) is 20.2. The van der Waals surface area contributed by atoms with Crippen LogP contribution in [0.3, 0.4) is 0 Å². The minimum Gasteiger partial charge on any atom is -0.481 e. The molecule has 0 amide bonds. The molecule has 15 heavy (non-hydrogen) atoms. The van der Waals surface area contributed by atoms with Gasteiger partial charge in [0.2, 0.25) is 0 Å². The summed E-state index contributed by atoms with van der Waals surface area (Å²) < 4.78 is 0.822. The van der Waals surface area contributed by atoms with Crippen LogP contribution in [-0.2, 0) is 4.79 Å². The monoisotopic (exact) mass is 268 g/mol. The van der Waals surface area contributed by atoms with Crippen molar-refractivity contribution >= 4 is 27.6 Å².